The van der Waals surface area contributed by atoms with Gasteiger partial charge in [0.15, 0.2) is 0 Å². The van der Waals surface area contributed by atoms with Crippen molar-refractivity contribution >= 4 is 21.9 Å². The Balaban J connectivity index is 2.00. The van der Waals surface area contributed by atoms with E-state index in [9.17, 15) is 0 Å². The summed E-state index contributed by atoms with van der Waals surface area (Å²) in [6.07, 6.45) is 3.70. The van der Waals surface area contributed by atoms with Gasteiger partial charge in [-0.2, -0.15) is 5.26 Å². The zero-order valence-corrected chi connectivity index (χ0v) is 14.5. The fourth-order valence-electron chi connectivity index (χ4n) is 3.83. The molecule has 0 fully saturated rings. The number of nitrogens with two attached hydrogens (primary N) is 1. The standard InChI is InChI=1S/C20H19N5/c1-12-8-13(2)19-15(6-7-23-19)18(12)20(3,22)25-11-24-16-9-14(10-21)4-5-17(16)25/h4-9,11,23H,22H2,1-3H3. The van der Waals surface area contributed by atoms with E-state index in [1.165, 1.54) is 5.56 Å². The highest BCUT2D eigenvalue weighted by Gasteiger charge is 2.29. The predicted molar refractivity (Wildman–Crippen MR) is 99.2 cm³/mol. The molecule has 0 bridgehead atoms. The third kappa shape index (κ3) is 2.15. The molecule has 0 radical (unpaired) electrons. The molecule has 1 atom stereocenters. The molecule has 4 aromatic rings. The van der Waals surface area contributed by atoms with Gasteiger partial charge < -0.3 is 15.3 Å². The fraction of sp³-hybridized carbons (Fsp3) is 0.200. The van der Waals surface area contributed by atoms with E-state index in [0.29, 0.717) is 5.56 Å². The SMILES string of the molecule is Cc1cc(C)c2[nH]ccc2c1C(C)(N)n1cnc2cc(C#N)ccc21. The molecule has 2 heterocycles. The van der Waals surface area contributed by atoms with Gasteiger partial charge in [0.05, 0.1) is 29.0 Å². The molecule has 0 saturated heterocycles. The van der Waals surface area contributed by atoms with Crippen molar-refractivity contribution in [3.63, 3.8) is 0 Å². The van der Waals surface area contributed by atoms with E-state index in [1.54, 1.807) is 18.5 Å². The minimum atomic E-state index is -0.777. The molecule has 2 aromatic heterocycles. The van der Waals surface area contributed by atoms with Crippen molar-refractivity contribution in [2.75, 3.05) is 0 Å². The second-order valence-electron chi connectivity index (χ2n) is 6.73. The van der Waals surface area contributed by atoms with Crippen molar-refractivity contribution in [1.29, 1.82) is 5.26 Å². The van der Waals surface area contributed by atoms with Crippen LogP contribution >= 0.6 is 0 Å². The molecule has 0 aliphatic heterocycles. The quantitative estimate of drug-likeness (QED) is 0.588. The molecule has 0 spiro atoms. The lowest BCUT2D eigenvalue weighted by Crippen LogP contribution is -2.41. The highest BCUT2D eigenvalue weighted by atomic mass is 15.2. The number of nitrogens with zero attached hydrogens (tertiary/aromatic N) is 3. The predicted octanol–water partition coefficient (Wildman–Crippen LogP) is 3.69. The Hall–Kier alpha value is -3.10. The van der Waals surface area contributed by atoms with Gasteiger partial charge in [-0.05, 0) is 56.2 Å². The molecule has 25 heavy (non-hydrogen) atoms. The lowest BCUT2D eigenvalue weighted by Gasteiger charge is -2.30. The molecule has 0 amide bonds. The maximum atomic E-state index is 9.09. The Kier molecular flexibility index (Phi) is 3.21. The van der Waals surface area contributed by atoms with Crippen molar-refractivity contribution in [1.82, 2.24) is 14.5 Å². The van der Waals surface area contributed by atoms with Crippen LogP contribution in [0.5, 0.6) is 0 Å². The summed E-state index contributed by atoms with van der Waals surface area (Å²) in [5.41, 5.74) is 12.9. The third-order valence-corrected chi connectivity index (χ3v) is 4.92. The van der Waals surface area contributed by atoms with Crippen molar-refractivity contribution in [3.8, 4) is 6.07 Å². The normalized spacial score (nSPS) is 13.9. The zero-order valence-electron chi connectivity index (χ0n) is 14.5. The fourth-order valence-corrected chi connectivity index (χ4v) is 3.83. The molecule has 0 saturated carbocycles. The van der Waals surface area contributed by atoms with Crippen LogP contribution in [0.4, 0.5) is 0 Å². The third-order valence-electron chi connectivity index (χ3n) is 4.92. The second-order valence-corrected chi connectivity index (χ2v) is 6.73. The first kappa shape index (κ1) is 15.4. The number of aryl methyl sites for hydroxylation is 2. The summed E-state index contributed by atoms with van der Waals surface area (Å²) in [7, 11) is 0. The summed E-state index contributed by atoms with van der Waals surface area (Å²) in [6, 6.07) is 11.9. The molecular formula is C20H19N5. The number of aromatic nitrogens is 3. The number of hydrogen-bond acceptors (Lipinski definition) is 3. The molecule has 3 N–H and O–H groups in total. The lowest BCUT2D eigenvalue weighted by molar-refractivity contribution is 0.423. The molecule has 0 aliphatic rings. The first-order valence-electron chi connectivity index (χ1n) is 8.18. The Morgan fingerprint density at radius 1 is 1.20 bits per heavy atom. The number of benzene rings is 2. The largest absolute Gasteiger partial charge is 0.361 e. The van der Waals surface area contributed by atoms with Crippen LogP contribution in [0, 0.1) is 25.2 Å². The average Bonchev–Trinajstić information content (AvgIpc) is 3.20. The van der Waals surface area contributed by atoms with Crippen LogP contribution in [0.1, 0.15) is 29.2 Å². The van der Waals surface area contributed by atoms with Crippen LogP contribution in [0.25, 0.3) is 21.9 Å². The lowest BCUT2D eigenvalue weighted by atomic mass is 9.91. The van der Waals surface area contributed by atoms with Crippen LogP contribution < -0.4 is 5.73 Å². The van der Waals surface area contributed by atoms with E-state index in [2.05, 4.69) is 42.0 Å². The summed E-state index contributed by atoms with van der Waals surface area (Å²) in [6.45, 7) is 6.18. The van der Waals surface area contributed by atoms with Crippen LogP contribution in [-0.4, -0.2) is 14.5 Å². The average molecular weight is 329 g/mol. The van der Waals surface area contributed by atoms with Gasteiger partial charge in [0.25, 0.3) is 0 Å². The zero-order chi connectivity index (χ0) is 17.8. The topological polar surface area (TPSA) is 83.4 Å². The van der Waals surface area contributed by atoms with Crippen molar-refractivity contribution in [2.45, 2.75) is 26.4 Å². The molecule has 2 aromatic carbocycles. The highest BCUT2D eigenvalue weighted by Crippen LogP contribution is 2.34. The number of fused-ring (bicyclic) bond motifs is 2. The number of H-pyrrole nitrogens is 1. The summed E-state index contributed by atoms with van der Waals surface area (Å²) in [5, 5.41) is 10.2. The van der Waals surface area contributed by atoms with E-state index in [-0.39, 0.29) is 0 Å². The number of aromatic amines is 1. The Bertz CT molecular complexity index is 1150. The Morgan fingerprint density at radius 2 is 2.00 bits per heavy atom. The number of imidazole rings is 1. The van der Waals surface area contributed by atoms with Gasteiger partial charge >= 0.3 is 0 Å². The maximum absolute atomic E-state index is 9.09. The maximum Gasteiger partial charge on any atom is 0.118 e. The molecule has 4 rings (SSSR count). The van der Waals surface area contributed by atoms with Crippen LogP contribution in [-0.2, 0) is 5.66 Å². The Morgan fingerprint density at radius 3 is 2.76 bits per heavy atom. The van der Waals surface area contributed by atoms with E-state index in [0.717, 1.165) is 33.1 Å². The number of nitrogens with one attached hydrogen (secondary N) is 1. The number of nitriles is 1. The van der Waals surface area contributed by atoms with E-state index < -0.39 is 5.66 Å². The number of hydrogen-bond donors (Lipinski definition) is 2. The van der Waals surface area contributed by atoms with Gasteiger partial charge in [-0.1, -0.05) is 6.07 Å². The molecule has 1 unspecified atom stereocenters. The molecular weight excluding hydrogens is 310 g/mol. The minimum Gasteiger partial charge on any atom is -0.361 e. The van der Waals surface area contributed by atoms with Crippen LogP contribution in [0.3, 0.4) is 0 Å². The summed E-state index contributed by atoms with van der Waals surface area (Å²) in [4.78, 5) is 7.77. The molecule has 124 valence electrons. The highest BCUT2D eigenvalue weighted by molar-refractivity contribution is 5.88. The molecule has 0 aliphatic carbocycles. The smallest absolute Gasteiger partial charge is 0.118 e. The van der Waals surface area contributed by atoms with Gasteiger partial charge in [-0.25, -0.2) is 4.98 Å². The van der Waals surface area contributed by atoms with Crippen molar-refractivity contribution in [2.24, 2.45) is 5.73 Å². The number of rotatable bonds is 2. The monoisotopic (exact) mass is 329 g/mol. The first-order valence-corrected chi connectivity index (χ1v) is 8.18. The van der Waals surface area contributed by atoms with E-state index in [4.69, 9.17) is 11.0 Å². The minimum absolute atomic E-state index is 0.594. The van der Waals surface area contributed by atoms with E-state index >= 15 is 0 Å². The first-order chi connectivity index (χ1) is 11.9. The van der Waals surface area contributed by atoms with Crippen LogP contribution in [0.2, 0.25) is 0 Å². The van der Waals surface area contributed by atoms with Gasteiger partial charge in [0.2, 0.25) is 0 Å². The Labute approximate surface area is 145 Å². The second kappa shape index (κ2) is 5.20. The van der Waals surface area contributed by atoms with Crippen LogP contribution in [0.15, 0.2) is 42.9 Å². The molecule has 5 heteroatoms. The van der Waals surface area contributed by atoms with Gasteiger partial charge in [-0.15, -0.1) is 0 Å². The van der Waals surface area contributed by atoms with Gasteiger partial charge in [-0.3, -0.25) is 0 Å². The summed E-state index contributed by atoms with van der Waals surface area (Å²) >= 11 is 0. The van der Waals surface area contributed by atoms with Gasteiger partial charge in [0, 0.05) is 22.7 Å². The summed E-state index contributed by atoms with van der Waals surface area (Å²) < 4.78 is 1.98. The van der Waals surface area contributed by atoms with Crippen molar-refractivity contribution in [3.05, 3.63) is 65.1 Å². The molecule has 5 nitrogen and oxygen atoms in total. The van der Waals surface area contributed by atoms with Crippen molar-refractivity contribution < 1.29 is 0 Å². The summed E-state index contributed by atoms with van der Waals surface area (Å²) in [5.74, 6) is 0. The van der Waals surface area contributed by atoms with Gasteiger partial charge in [0.1, 0.15) is 5.66 Å². The van der Waals surface area contributed by atoms with E-state index in [1.807, 2.05) is 23.8 Å².